The Kier molecular flexibility index (Phi) is 5.41. The van der Waals surface area contributed by atoms with Crippen molar-refractivity contribution in [3.8, 4) is 0 Å². The van der Waals surface area contributed by atoms with Crippen molar-refractivity contribution in [3.05, 3.63) is 12.7 Å². The Balaban J connectivity index is 0.000000810. The van der Waals surface area contributed by atoms with Gasteiger partial charge in [-0.15, -0.1) is 6.58 Å². The molecule has 1 rings (SSSR count). The number of hydrogen-bond acceptors (Lipinski definition) is 0. The van der Waals surface area contributed by atoms with Gasteiger partial charge in [0.05, 0.1) is 0 Å². The Morgan fingerprint density at radius 2 is 1.70 bits per heavy atom. The maximum absolute atomic E-state index is 3.81. The lowest BCUT2D eigenvalue weighted by atomic mass is 9.90. The van der Waals surface area contributed by atoms with Crippen molar-refractivity contribution >= 4 is 22.6 Å². The average Bonchev–Trinajstić information content (AvgIpc) is 1.90. The molecule has 0 spiro atoms. The van der Waals surface area contributed by atoms with Crippen LogP contribution in [0.15, 0.2) is 12.7 Å². The highest BCUT2D eigenvalue weighted by Gasteiger charge is 2.15. The number of hydrogen-bond donors (Lipinski definition) is 0. The van der Waals surface area contributed by atoms with Crippen LogP contribution in [-0.4, -0.2) is 3.92 Å². The van der Waals surface area contributed by atoms with E-state index in [0.29, 0.717) is 0 Å². The summed E-state index contributed by atoms with van der Waals surface area (Å²) in [5.41, 5.74) is 0. The molecule has 0 aliphatic heterocycles. The van der Waals surface area contributed by atoms with Crippen molar-refractivity contribution in [2.75, 3.05) is 0 Å². The standard InChI is InChI=1S/C8H13I.CH4/c1-2-7-3-5-8(9)6-4-7;/h2,7-8H,1,3-6H2;1H4. The van der Waals surface area contributed by atoms with Gasteiger partial charge in [0.2, 0.25) is 0 Å². The topological polar surface area (TPSA) is 0 Å². The molecule has 0 radical (unpaired) electrons. The van der Waals surface area contributed by atoms with Crippen LogP contribution in [0, 0.1) is 5.92 Å². The molecule has 0 nitrogen and oxygen atoms in total. The van der Waals surface area contributed by atoms with Gasteiger partial charge < -0.3 is 0 Å². The second-order valence-corrected chi connectivity index (χ2v) is 4.51. The Bertz CT molecular complexity index is 90.9. The van der Waals surface area contributed by atoms with E-state index < -0.39 is 0 Å². The summed E-state index contributed by atoms with van der Waals surface area (Å²) in [6.07, 6.45) is 7.66. The summed E-state index contributed by atoms with van der Waals surface area (Å²) >= 11 is 2.55. The SMILES string of the molecule is C.C=CC1CCC(I)CC1. The first-order valence-corrected chi connectivity index (χ1v) is 4.84. The van der Waals surface area contributed by atoms with Crippen LogP contribution in [0.25, 0.3) is 0 Å². The van der Waals surface area contributed by atoms with E-state index in [2.05, 4.69) is 35.2 Å². The third-order valence-electron chi connectivity index (χ3n) is 2.03. The summed E-state index contributed by atoms with van der Waals surface area (Å²) in [4.78, 5) is 0. The lowest BCUT2D eigenvalue weighted by Crippen LogP contribution is -2.11. The van der Waals surface area contributed by atoms with E-state index >= 15 is 0 Å². The van der Waals surface area contributed by atoms with Crippen LogP contribution in [0.5, 0.6) is 0 Å². The molecule has 0 aromatic heterocycles. The quantitative estimate of drug-likeness (QED) is 0.378. The van der Waals surface area contributed by atoms with Gasteiger partial charge in [-0.3, -0.25) is 0 Å². The zero-order chi connectivity index (χ0) is 6.69. The minimum absolute atomic E-state index is 0. The average molecular weight is 252 g/mol. The molecular formula is C9H17I. The van der Waals surface area contributed by atoms with E-state index in [0.717, 1.165) is 9.84 Å². The monoisotopic (exact) mass is 252 g/mol. The fraction of sp³-hybridized carbons (Fsp3) is 0.778. The highest BCUT2D eigenvalue weighted by Crippen LogP contribution is 2.29. The molecule has 10 heavy (non-hydrogen) atoms. The molecule has 0 heterocycles. The Labute approximate surface area is 78.2 Å². The molecule has 0 N–H and O–H groups in total. The molecule has 60 valence electrons. The summed E-state index contributed by atoms with van der Waals surface area (Å²) in [6, 6.07) is 0. The lowest BCUT2D eigenvalue weighted by molar-refractivity contribution is 0.437. The molecule has 1 saturated carbocycles. The molecule has 1 fully saturated rings. The molecule has 0 unspecified atom stereocenters. The highest BCUT2D eigenvalue weighted by molar-refractivity contribution is 14.1. The molecule has 1 heteroatoms. The zero-order valence-electron chi connectivity index (χ0n) is 5.65. The molecular weight excluding hydrogens is 235 g/mol. The van der Waals surface area contributed by atoms with Crippen LogP contribution in [0.3, 0.4) is 0 Å². The van der Waals surface area contributed by atoms with E-state index in [1.165, 1.54) is 25.7 Å². The van der Waals surface area contributed by atoms with E-state index in [4.69, 9.17) is 0 Å². The smallest absolute Gasteiger partial charge is 0.0110 e. The van der Waals surface area contributed by atoms with Crippen LogP contribution >= 0.6 is 22.6 Å². The normalized spacial score (nSPS) is 32.5. The van der Waals surface area contributed by atoms with E-state index in [1.807, 2.05) is 0 Å². The number of alkyl halides is 1. The number of halogens is 1. The first kappa shape index (κ1) is 10.5. The predicted molar refractivity (Wildman–Crippen MR) is 56.7 cm³/mol. The minimum Gasteiger partial charge on any atom is -0.103 e. The predicted octanol–water partition coefficient (Wildman–Crippen LogP) is 3.80. The lowest BCUT2D eigenvalue weighted by Gasteiger charge is -2.21. The Morgan fingerprint density at radius 1 is 1.20 bits per heavy atom. The Morgan fingerprint density at radius 3 is 2.10 bits per heavy atom. The molecule has 0 aromatic rings. The molecule has 0 aromatic carbocycles. The highest BCUT2D eigenvalue weighted by atomic mass is 127. The van der Waals surface area contributed by atoms with Crippen molar-refractivity contribution in [2.24, 2.45) is 5.92 Å². The van der Waals surface area contributed by atoms with Gasteiger partial charge in [-0.05, 0) is 31.6 Å². The fourth-order valence-electron chi connectivity index (χ4n) is 1.31. The maximum Gasteiger partial charge on any atom is 0.0110 e. The zero-order valence-corrected chi connectivity index (χ0v) is 7.80. The van der Waals surface area contributed by atoms with Crippen LogP contribution < -0.4 is 0 Å². The molecule has 0 atom stereocenters. The molecule has 1 aliphatic rings. The van der Waals surface area contributed by atoms with Crippen molar-refractivity contribution in [1.29, 1.82) is 0 Å². The van der Waals surface area contributed by atoms with Gasteiger partial charge in [0.25, 0.3) is 0 Å². The largest absolute Gasteiger partial charge is 0.103 e. The summed E-state index contributed by atoms with van der Waals surface area (Å²) in [6.45, 7) is 3.81. The third kappa shape index (κ3) is 3.04. The molecule has 0 bridgehead atoms. The van der Waals surface area contributed by atoms with Crippen molar-refractivity contribution in [3.63, 3.8) is 0 Å². The number of allylic oxidation sites excluding steroid dienone is 1. The second-order valence-electron chi connectivity index (χ2n) is 2.75. The van der Waals surface area contributed by atoms with E-state index in [1.54, 1.807) is 0 Å². The van der Waals surface area contributed by atoms with Crippen LogP contribution in [-0.2, 0) is 0 Å². The Hall–Kier alpha value is 0.470. The first-order chi connectivity index (χ1) is 4.33. The third-order valence-corrected chi connectivity index (χ3v) is 3.28. The van der Waals surface area contributed by atoms with Gasteiger partial charge in [-0.1, -0.05) is 36.1 Å². The summed E-state index contributed by atoms with van der Waals surface area (Å²) in [7, 11) is 0. The molecule has 0 amide bonds. The molecule has 1 aliphatic carbocycles. The molecule has 0 saturated heterocycles. The summed E-state index contributed by atoms with van der Waals surface area (Å²) < 4.78 is 0.943. The van der Waals surface area contributed by atoms with Gasteiger partial charge in [-0.2, -0.15) is 0 Å². The fourth-order valence-corrected chi connectivity index (χ4v) is 2.03. The number of rotatable bonds is 1. The summed E-state index contributed by atoms with van der Waals surface area (Å²) in [5, 5.41) is 0. The van der Waals surface area contributed by atoms with Crippen LogP contribution in [0.1, 0.15) is 33.1 Å². The summed E-state index contributed by atoms with van der Waals surface area (Å²) in [5.74, 6) is 0.830. The van der Waals surface area contributed by atoms with Crippen molar-refractivity contribution in [2.45, 2.75) is 37.0 Å². The van der Waals surface area contributed by atoms with Crippen LogP contribution in [0.4, 0.5) is 0 Å². The maximum atomic E-state index is 3.81. The van der Waals surface area contributed by atoms with Gasteiger partial charge in [-0.25, -0.2) is 0 Å². The van der Waals surface area contributed by atoms with Crippen molar-refractivity contribution < 1.29 is 0 Å². The second kappa shape index (κ2) is 5.16. The van der Waals surface area contributed by atoms with Crippen LogP contribution in [0.2, 0.25) is 0 Å². The van der Waals surface area contributed by atoms with E-state index in [9.17, 15) is 0 Å². The first-order valence-electron chi connectivity index (χ1n) is 3.59. The van der Waals surface area contributed by atoms with Gasteiger partial charge >= 0.3 is 0 Å². The van der Waals surface area contributed by atoms with Gasteiger partial charge in [0, 0.05) is 3.92 Å². The van der Waals surface area contributed by atoms with E-state index in [-0.39, 0.29) is 7.43 Å². The van der Waals surface area contributed by atoms with Crippen molar-refractivity contribution in [1.82, 2.24) is 0 Å². The van der Waals surface area contributed by atoms with Gasteiger partial charge in [0.15, 0.2) is 0 Å². The minimum atomic E-state index is 0. The van der Waals surface area contributed by atoms with Gasteiger partial charge in [0.1, 0.15) is 0 Å².